The average Bonchev–Trinajstić information content (AvgIpc) is 2.84. The molecular formula is C15H21N5O. The van der Waals surface area contributed by atoms with Gasteiger partial charge in [0.25, 0.3) is 0 Å². The monoisotopic (exact) mass is 287 g/mol. The fraction of sp³-hybridized carbons (Fsp3) is 0.467. The number of aryl methyl sites for hydroxylation is 2. The van der Waals surface area contributed by atoms with Crippen molar-refractivity contribution in [1.29, 1.82) is 0 Å². The van der Waals surface area contributed by atoms with Crippen molar-refractivity contribution in [2.24, 2.45) is 0 Å². The van der Waals surface area contributed by atoms with Gasteiger partial charge in [-0.2, -0.15) is 5.10 Å². The summed E-state index contributed by atoms with van der Waals surface area (Å²) in [6.45, 7) is 7.32. The first-order valence-corrected chi connectivity index (χ1v) is 7.18. The zero-order valence-corrected chi connectivity index (χ0v) is 12.5. The number of anilines is 1. The highest BCUT2D eigenvalue weighted by molar-refractivity contribution is 5.40. The normalized spacial score (nSPS) is 19.8. The SMILES string of the molecule is Cc1cc(N)cc(C2CN(Cc3cn[nH]c3C)CCO2)n1. The van der Waals surface area contributed by atoms with E-state index in [1.165, 1.54) is 5.56 Å². The Kier molecular flexibility index (Phi) is 3.90. The van der Waals surface area contributed by atoms with Gasteiger partial charge in [-0.3, -0.25) is 15.0 Å². The molecule has 0 saturated carbocycles. The van der Waals surface area contributed by atoms with Gasteiger partial charge in [-0.15, -0.1) is 0 Å². The number of hydrogen-bond donors (Lipinski definition) is 2. The quantitative estimate of drug-likeness (QED) is 0.896. The maximum atomic E-state index is 5.91. The highest BCUT2D eigenvalue weighted by Crippen LogP contribution is 2.24. The molecule has 3 heterocycles. The van der Waals surface area contributed by atoms with Crippen LogP contribution in [0.25, 0.3) is 0 Å². The summed E-state index contributed by atoms with van der Waals surface area (Å²) < 4.78 is 5.87. The van der Waals surface area contributed by atoms with E-state index in [0.717, 1.165) is 42.4 Å². The highest BCUT2D eigenvalue weighted by atomic mass is 16.5. The Balaban J connectivity index is 1.72. The fourth-order valence-electron chi connectivity index (χ4n) is 2.69. The molecule has 3 N–H and O–H groups in total. The average molecular weight is 287 g/mol. The third kappa shape index (κ3) is 3.22. The topological polar surface area (TPSA) is 80.1 Å². The molecule has 6 heteroatoms. The van der Waals surface area contributed by atoms with Crippen LogP contribution < -0.4 is 5.73 Å². The first kappa shape index (κ1) is 14.0. The molecule has 1 fully saturated rings. The number of aromatic nitrogens is 3. The summed E-state index contributed by atoms with van der Waals surface area (Å²) in [5, 5.41) is 7.06. The molecule has 1 saturated heterocycles. The first-order chi connectivity index (χ1) is 10.1. The van der Waals surface area contributed by atoms with Gasteiger partial charge in [-0.05, 0) is 26.0 Å². The minimum Gasteiger partial charge on any atom is -0.399 e. The minimum absolute atomic E-state index is 0.0202. The Morgan fingerprint density at radius 3 is 3.00 bits per heavy atom. The van der Waals surface area contributed by atoms with E-state index in [9.17, 15) is 0 Å². The van der Waals surface area contributed by atoms with E-state index >= 15 is 0 Å². The molecule has 1 atom stereocenters. The van der Waals surface area contributed by atoms with Crippen LogP contribution in [0.2, 0.25) is 0 Å². The van der Waals surface area contributed by atoms with Crippen LogP contribution in [0.3, 0.4) is 0 Å². The van der Waals surface area contributed by atoms with Gasteiger partial charge >= 0.3 is 0 Å². The van der Waals surface area contributed by atoms with Crippen molar-refractivity contribution in [3.63, 3.8) is 0 Å². The Bertz CT molecular complexity index is 604. The molecule has 1 aliphatic heterocycles. The Morgan fingerprint density at radius 2 is 2.29 bits per heavy atom. The summed E-state index contributed by atoms with van der Waals surface area (Å²) in [4.78, 5) is 6.92. The summed E-state index contributed by atoms with van der Waals surface area (Å²) in [5.74, 6) is 0. The highest BCUT2D eigenvalue weighted by Gasteiger charge is 2.24. The molecule has 3 rings (SSSR count). The summed E-state index contributed by atoms with van der Waals surface area (Å²) in [5.41, 5.74) is 10.8. The van der Waals surface area contributed by atoms with E-state index in [1.807, 2.05) is 32.2 Å². The molecule has 1 aliphatic rings. The molecule has 2 aromatic rings. The second kappa shape index (κ2) is 5.83. The van der Waals surface area contributed by atoms with Gasteiger partial charge in [-0.25, -0.2) is 0 Å². The van der Waals surface area contributed by atoms with Gasteiger partial charge < -0.3 is 10.5 Å². The maximum Gasteiger partial charge on any atom is 0.112 e. The number of ether oxygens (including phenoxy) is 1. The van der Waals surface area contributed by atoms with Crippen LogP contribution >= 0.6 is 0 Å². The van der Waals surface area contributed by atoms with Gasteiger partial charge in [0, 0.05) is 42.3 Å². The summed E-state index contributed by atoms with van der Waals surface area (Å²) in [6.07, 6.45) is 1.87. The van der Waals surface area contributed by atoms with Crippen LogP contribution in [-0.2, 0) is 11.3 Å². The van der Waals surface area contributed by atoms with E-state index in [4.69, 9.17) is 10.5 Å². The zero-order valence-electron chi connectivity index (χ0n) is 12.5. The molecule has 0 amide bonds. The fourth-order valence-corrected chi connectivity index (χ4v) is 2.69. The third-order valence-electron chi connectivity index (χ3n) is 3.80. The number of aromatic amines is 1. The van der Waals surface area contributed by atoms with Crippen LogP contribution in [0.1, 0.15) is 28.7 Å². The molecule has 0 aromatic carbocycles. The number of nitrogens with two attached hydrogens (primary N) is 1. The summed E-state index contributed by atoms with van der Waals surface area (Å²) in [6, 6.07) is 3.78. The Morgan fingerprint density at radius 1 is 1.43 bits per heavy atom. The summed E-state index contributed by atoms with van der Waals surface area (Å²) >= 11 is 0. The molecule has 112 valence electrons. The molecule has 0 aliphatic carbocycles. The number of H-pyrrole nitrogens is 1. The van der Waals surface area contributed by atoms with Crippen LogP contribution in [0.4, 0.5) is 5.69 Å². The molecule has 0 bridgehead atoms. The predicted octanol–water partition coefficient (Wildman–Crippen LogP) is 1.58. The lowest BCUT2D eigenvalue weighted by atomic mass is 10.1. The molecule has 0 spiro atoms. The molecule has 0 radical (unpaired) electrons. The predicted molar refractivity (Wildman–Crippen MR) is 80.7 cm³/mol. The number of hydrogen-bond acceptors (Lipinski definition) is 5. The number of nitrogens with zero attached hydrogens (tertiary/aromatic N) is 3. The maximum absolute atomic E-state index is 5.91. The number of pyridine rings is 1. The summed E-state index contributed by atoms with van der Waals surface area (Å²) in [7, 11) is 0. The van der Waals surface area contributed by atoms with Gasteiger partial charge in [0.1, 0.15) is 6.10 Å². The lowest BCUT2D eigenvalue weighted by Crippen LogP contribution is -2.38. The number of nitrogen functional groups attached to an aromatic ring is 1. The molecular weight excluding hydrogens is 266 g/mol. The second-order valence-corrected chi connectivity index (χ2v) is 5.58. The van der Waals surface area contributed by atoms with E-state index < -0.39 is 0 Å². The Hall–Kier alpha value is -1.92. The smallest absolute Gasteiger partial charge is 0.112 e. The molecule has 2 aromatic heterocycles. The molecule has 1 unspecified atom stereocenters. The van der Waals surface area contributed by atoms with E-state index in [2.05, 4.69) is 20.1 Å². The van der Waals surface area contributed by atoms with Crippen LogP contribution in [-0.4, -0.2) is 39.8 Å². The largest absolute Gasteiger partial charge is 0.399 e. The van der Waals surface area contributed by atoms with E-state index in [1.54, 1.807) is 0 Å². The lowest BCUT2D eigenvalue weighted by molar-refractivity contribution is -0.0350. The number of nitrogens with one attached hydrogen (secondary N) is 1. The van der Waals surface area contributed by atoms with Crippen LogP contribution in [0, 0.1) is 13.8 Å². The second-order valence-electron chi connectivity index (χ2n) is 5.58. The van der Waals surface area contributed by atoms with Crippen molar-refractivity contribution in [3.8, 4) is 0 Å². The van der Waals surface area contributed by atoms with Crippen molar-refractivity contribution in [1.82, 2.24) is 20.1 Å². The van der Waals surface area contributed by atoms with Crippen molar-refractivity contribution >= 4 is 5.69 Å². The molecule has 6 nitrogen and oxygen atoms in total. The van der Waals surface area contributed by atoms with Crippen LogP contribution in [0.15, 0.2) is 18.3 Å². The van der Waals surface area contributed by atoms with Gasteiger partial charge in [0.2, 0.25) is 0 Å². The van der Waals surface area contributed by atoms with Gasteiger partial charge in [0.15, 0.2) is 0 Å². The molecule has 21 heavy (non-hydrogen) atoms. The number of rotatable bonds is 3. The van der Waals surface area contributed by atoms with E-state index in [0.29, 0.717) is 6.61 Å². The minimum atomic E-state index is -0.0202. The van der Waals surface area contributed by atoms with Gasteiger partial charge in [-0.1, -0.05) is 0 Å². The van der Waals surface area contributed by atoms with Crippen molar-refractivity contribution in [3.05, 3.63) is 41.0 Å². The first-order valence-electron chi connectivity index (χ1n) is 7.18. The number of morpholine rings is 1. The van der Waals surface area contributed by atoms with Crippen molar-refractivity contribution in [2.45, 2.75) is 26.5 Å². The van der Waals surface area contributed by atoms with E-state index in [-0.39, 0.29) is 6.10 Å². The van der Waals surface area contributed by atoms with Gasteiger partial charge in [0.05, 0.1) is 18.5 Å². The standard InChI is InChI=1S/C15H21N5O/c1-10-5-13(16)6-14(18-10)15-9-20(3-4-21-15)8-12-7-17-19-11(12)2/h5-7,15H,3-4,8-9H2,1-2H3,(H2,16,18)(H,17,19). The van der Waals surface area contributed by atoms with Crippen molar-refractivity contribution in [2.75, 3.05) is 25.4 Å². The van der Waals surface area contributed by atoms with Crippen LogP contribution in [0.5, 0.6) is 0 Å². The zero-order chi connectivity index (χ0) is 14.8. The third-order valence-corrected chi connectivity index (χ3v) is 3.80. The Labute approximate surface area is 124 Å². The van der Waals surface area contributed by atoms with Crippen molar-refractivity contribution < 1.29 is 4.74 Å². The lowest BCUT2D eigenvalue weighted by Gasteiger charge is -2.32.